The number of piperazine rings is 1. The minimum atomic E-state index is -0.242. The lowest BCUT2D eigenvalue weighted by atomic mass is 10.0. The Morgan fingerprint density at radius 2 is 1.76 bits per heavy atom. The van der Waals surface area contributed by atoms with E-state index in [1.807, 2.05) is 23.1 Å². The molecule has 2 aromatic heterocycles. The Morgan fingerprint density at radius 1 is 1.03 bits per heavy atom. The van der Waals surface area contributed by atoms with Crippen molar-refractivity contribution < 1.29 is 9.18 Å². The summed E-state index contributed by atoms with van der Waals surface area (Å²) in [7, 11) is 0. The number of carbonyl (C=O) groups is 1. The molecule has 1 saturated heterocycles. The molecule has 1 aromatic carbocycles. The lowest BCUT2D eigenvalue weighted by molar-refractivity contribution is 0.0745. The molecule has 7 heteroatoms. The van der Waals surface area contributed by atoms with Crippen LogP contribution in [-0.2, 0) is 0 Å². The Balaban J connectivity index is 1.52. The molecule has 6 nitrogen and oxygen atoms in total. The van der Waals surface area contributed by atoms with Crippen molar-refractivity contribution in [1.29, 1.82) is 0 Å². The van der Waals surface area contributed by atoms with Crippen molar-refractivity contribution in [2.45, 2.75) is 19.8 Å². The van der Waals surface area contributed by atoms with Crippen LogP contribution < -0.4 is 4.90 Å². The van der Waals surface area contributed by atoms with Gasteiger partial charge in [0.05, 0.1) is 17.5 Å². The van der Waals surface area contributed by atoms with E-state index in [1.54, 1.807) is 29.2 Å². The molecule has 0 atom stereocenters. The van der Waals surface area contributed by atoms with Gasteiger partial charge in [-0.2, -0.15) is 5.10 Å². The molecule has 0 bridgehead atoms. The number of halogens is 1. The van der Waals surface area contributed by atoms with Crippen molar-refractivity contribution in [3.63, 3.8) is 0 Å². The molecule has 0 spiro atoms. The van der Waals surface area contributed by atoms with Crippen molar-refractivity contribution in [2.75, 3.05) is 31.1 Å². The number of nitrogens with zero attached hydrogens (tertiary/aromatic N) is 5. The molecule has 0 saturated carbocycles. The van der Waals surface area contributed by atoms with Gasteiger partial charge >= 0.3 is 0 Å². The van der Waals surface area contributed by atoms with Crippen LogP contribution in [0.15, 0.2) is 54.9 Å². The fraction of sp³-hybridized carbons (Fsp3) is 0.318. The average molecular weight is 393 g/mol. The Morgan fingerprint density at radius 3 is 2.38 bits per heavy atom. The minimum absolute atomic E-state index is 0.00497. The highest BCUT2D eigenvalue weighted by Crippen LogP contribution is 2.24. The van der Waals surface area contributed by atoms with Crippen LogP contribution in [0.2, 0.25) is 0 Å². The third kappa shape index (κ3) is 3.85. The quantitative estimate of drug-likeness (QED) is 0.681. The molecule has 0 aliphatic carbocycles. The Kier molecular flexibility index (Phi) is 5.29. The summed E-state index contributed by atoms with van der Waals surface area (Å²) in [5.74, 6) is 0.582. The molecular formula is C22H24FN5O. The molecular weight excluding hydrogens is 369 g/mol. The average Bonchev–Trinajstić information content (AvgIpc) is 3.20. The third-order valence-electron chi connectivity index (χ3n) is 5.21. The first kappa shape index (κ1) is 19.1. The summed E-state index contributed by atoms with van der Waals surface area (Å²) in [6.07, 6.45) is 3.37. The highest BCUT2D eigenvalue weighted by molar-refractivity contribution is 5.95. The molecule has 0 unspecified atom stereocenters. The highest BCUT2D eigenvalue weighted by Gasteiger charge is 2.27. The summed E-state index contributed by atoms with van der Waals surface area (Å²) >= 11 is 0. The number of carbonyl (C=O) groups excluding carboxylic acids is 1. The number of amides is 1. The monoisotopic (exact) mass is 393 g/mol. The number of pyridine rings is 1. The molecule has 29 heavy (non-hydrogen) atoms. The van der Waals surface area contributed by atoms with E-state index in [0.29, 0.717) is 37.6 Å². The fourth-order valence-electron chi connectivity index (χ4n) is 3.73. The van der Waals surface area contributed by atoms with E-state index in [9.17, 15) is 9.18 Å². The number of anilines is 1. The molecule has 150 valence electrons. The van der Waals surface area contributed by atoms with Crippen molar-refractivity contribution in [1.82, 2.24) is 19.7 Å². The lowest BCUT2D eigenvalue weighted by Crippen LogP contribution is -2.49. The Hall–Kier alpha value is -3.22. The molecule has 1 fully saturated rings. The number of aromatic nitrogens is 3. The van der Waals surface area contributed by atoms with Crippen molar-refractivity contribution >= 4 is 11.6 Å². The van der Waals surface area contributed by atoms with Crippen molar-refractivity contribution in [3.8, 4) is 5.82 Å². The van der Waals surface area contributed by atoms with Gasteiger partial charge in [0.15, 0.2) is 5.82 Å². The molecule has 3 heterocycles. The van der Waals surface area contributed by atoms with E-state index in [0.717, 1.165) is 11.4 Å². The van der Waals surface area contributed by atoms with Gasteiger partial charge in [0.2, 0.25) is 0 Å². The smallest absolute Gasteiger partial charge is 0.257 e. The molecule has 1 aliphatic rings. The maximum Gasteiger partial charge on any atom is 0.257 e. The van der Waals surface area contributed by atoms with Gasteiger partial charge in [-0.1, -0.05) is 19.9 Å². The number of benzene rings is 1. The highest BCUT2D eigenvalue weighted by atomic mass is 19.1. The second-order valence-corrected chi connectivity index (χ2v) is 7.45. The molecule has 4 rings (SSSR count). The van der Waals surface area contributed by atoms with Gasteiger partial charge in [0.25, 0.3) is 5.91 Å². The zero-order valence-corrected chi connectivity index (χ0v) is 16.6. The normalized spacial score (nSPS) is 14.5. The molecule has 1 aliphatic heterocycles. The van der Waals surface area contributed by atoms with Gasteiger partial charge in [-0.05, 0) is 42.3 Å². The van der Waals surface area contributed by atoms with Crippen LogP contribution in [0.5, 0.6) is 0 Å². The molecule has 0 N–H and O–H groups in total. The summed E-state index contributed by atoms with van der Waals surface area (Å²) in [5.41, 5.74) is 2.47. The van der Waals surface area contributed by atoms with Crippen LogP contribution in [0.4, 0.5) is 10.1 Å². The maximum absolute atomic E-state index is 13.2. The summed E-state index contributed by atoms with van der Waals surface area (Å²) in [4.78, 5) is 21.6. The summed E-state index contributed by atoms with van der Waals surface area (Å²) in [5, 5.41) is 4.46. The van der Waals surface area contributed by atoms with Gasteiger partial charge in [0.1, 0.15) is 5.82 Å². The number of rotatable bonds is 4. The largest absolute Gasteiger partial charge is 0.368 e. The second-order valence-electron chi connectivity index (χ2n) is 7.45. The molecule has 1 amide bonds. The van der Waals surface area contributed by atoms with Crippen LogP contribution in [0, 0.1) is 5.82 Å². The third-order valence-corrected chi connectivity index (χ3v) is 5.21. The van der Waals surface area contributed by atoms with Gasteiger partial charge in [-0.15, -0.1) is 0 Å². The maximum atomic E-state index is 13.2. The van der Waals surface area contributed by atoms with Gasteiger partial charge < -0.3 is 9.80 Å². The predicted octanol–water partition coefficient (Wildman–Crippen LogP) is 3.49. The van der Waals surface area contributed by atoms with Crippen LogP contribution >= 0.6 is 0 Å². The zero-order chi connectivity index (χ0) is 20.4. The van der Waals surface area contributed by atoms with E-state index in [2.05, 4.69) is 28.8 Å². The van der Waals surface area contributed by atoms with Crippen LogP contribution in [0.25, 0.3) is 5.82 Å². The molecule has 0 radical (unpaired) electrons. The summed E-state index contributed by atoms with van der Waals surface area (Å²) in [6.45, 7) is 6.76. The standard InChI is InChI=1S/C22H24FN5O/c1-16(2)21-19(15-25-28(21)20-5-3-4-10-24-20)22(29)27-13-11-26(12-14-27)18-8-6-17(23)7-9-18/h3-10,15-16H,11-14H2,1-2H3. The fourth-order valence-corrected chi connectivity index (χ4v) is 3.73. The topological polar surface area (TPSA) is 54.3 Å². The lowest BCUT2D eigenvalue weighted by Gasteiger charge is -2.36. The van der Waals surface area contributed by atoms with E-state index in [-0.39, 0.29) is 17.6 Å². The van der Waals surface area contributed by atoms with Crippen LogP contribution in [0.1, 0.15) is 35.8 Å². The van der Waals surface area contributed by atoms with Crippen LogP contribution in [-0.4, -0.2) is 51.8 Å². The molecule has 3 aromatic rings. The predicted molar refractivity (Wildman–Crippen MR) is 110 cm³/mol. The minimum Gasteiger partial charge on any atom is -0.368 e. The van der Waals surface area contributed by atoms with Gasteiger partial charge in [-0.3, -0.25) is 4.79 Å². The Labute approximate surface area is 169 Å². The van der Waals surface area contributed by atoms with E-state index in [4.69, 9.17) is 0 Å². The van der Waals surface area contributed by atoms with Crippen molar-refractivity contribution in [2.24, 2.45) is 0 Å². The van der Waals surface area contributed by atoms with Gasteiger partial charge in [-0.25, -0.2) is 14.1 Å². The van der Waals surface area contributed by atoms with Gasteiger partial charge in [0, 0.05) is 38.1 Å². The number of hydrogen-bond acceptors (Lipinski definition) is 4. The van der Waals surface area contributed by atoms with Crippen molar-refractivity contribution in [3.05, 3.63) is 71.9 Å². The SMILES string of the molecule is CC(C)c1c(C(=O)N2CCN(c3ccc(F)cc3)CC2)cnn1-c1ccccn1. The van der Waals surface area contributed by atoms with E-state index >= 15 is 0 Å². The number of hydrogen-bond donors (Lipinski definition) is 0. The second kappa shape index (κ2) is 8.03. The Bertz CT molecular complexity index is 976. The first-order chi connectivity index (χ1) is 14.0. The summed E-state index contributed by atoms with van der Waals surface area (Å²) in [6, 6.07) is 12.1. The zero-order valence-electron chi connectivity index (χ0n) is 16.6. The van der Waals surface area contributed by atoms with E-state index < -0.39 is 0 Å². The first-order valence-electron chi connectivity index (χ1n) is 9.83. The first-order valence-corrected chi connectivity index (χ1v) is 9.83. The summed E-state index contributed by atoms with van der Waals surface area (Å²) < 4.78 is 14.9. The van der Waals surface area contributed by atoms with Crippen LogP contribution in [0.3, 0.4) is 0 Å². The van der Waals surface area contributed by atoms with E-state index in [1.165, 1.54) is 12.1 Å².